The summed E-state index contributed by atoms with van der Waals surface area (Å²) < 4.78 is 0. The van der Waals surface area contributed by atoms with Crippen LogP contribution in [0.3, 0.4) is 0 Å². The summed E-state index contributed by atoms with van der Waals surface area (Å²) in [5, 5.41) is 3.04. The standard InChI is InChI=1S/C16H16N2O/c17-14-10-12-8-4-5-9-13(12)15(14)18-16(19)11-6-2-1-3-7-11/h1-9,14-15H,10,17H2,(H,18,19)/t14-,15-/m1/s1. The molecule has 0 aromatic heterocycles. The van der Waals surface area contributed by atoms with E-state index in [1.165, 1.54) is 5.56 Å². The van der Waals surface area contributed by atoms with E-state index in [1.807, 2.05) is 48.5 Å². The molecule has 0 spiro atoms. The Morgan fingerprint density at radius 1 is 1.05 bits per heavy atom. The summed E-state index contributed by atoms with van der Waals surface area (Å²) in [4.78, 5) is 12.2. The third kappa shape index (κ3) is 2.25. The fraction of sp³-hybridized carbons (Fsp3) is 0.188. The lowest BCUT2D eigenvalue weighted by molar-refractivity contribution is 0.0933. The van der Waals surface area contributed by atoms with Crippen molar-refractivity contribution in [2.45, 2.75) is 18.5 Å². The van der Waals surface area contributed by atoms with Gasteiger partial charge in [0.15, 0.2) is 0 Å². The molecule has 3 N–H and O–H groups in total. The van der Waals surface area contributed by atoms with Gasteiger partial charge in [0.2, 0.25) is 0 Å². The topological polar surface area (TPSA) is 55.1 Å². The molecule has 3 heteroatoms. The second-order valence-corrected chi connectivity index (χ2v) is 4.88. The van der Waals surface area contributed by atoms with Crippen LogP contribution in [0.1, 0.15) is 27.5 Å². The number of carbonyl (C=O) groups excluding carboxylic acids is 1. The van der Waals surface area contributed by atoms with E-state index in [2.05, 4.69) is 11.4 Å². The summed E-state index contributed by atoms with van der Waals surface area (Å²) in [6, 6.07) is 17.2. The van der Waals surface area contributed by atoms with E-state index in [0.717, 1.165) is 12.0 Å². The van der Waals surface area contributed by atoms with E-state index >= 15 is 0 Å². The highest BCUT2D eigenvalue weighted by Crippen LogP contribution is 2.30. The van der Waals surface area contributed by atoms with E-state index in [1.54, 1.807) is 0 Å². The summed E-state index contributed by atoms with van der Waals surface area (Å²) in [6.45, 7) is 0. The van der Waals surface area contributed by atoms with E-state index in [0.29, 0.717) is 5.56 Å². The van der Waals surface area contributed by atoms with E-state index in [4.69, 9.17) is 5.73 Å². The largest absolute Gasteiger partial charge is 0.344 e. The fourth-order valence-corrected chi connectivity index (χ4v) is 2.62. The Balaban J connectivity index is 1.82. The number of benzene rings is 2. The zero-order valence-electron chi connectivity index (χ0n) is 10.5. The summed E-state index contributed by atoms with van der Waals surface area (Å²) in [5.74, 6) is -0.0715. The van der Waals surface area contributed by atoms with Crippen LogP contribution in [0.4, 0.5) is 0 Å². The zero-order chi connectivity index (χ0) is 13.2. The molecule has 2 aromatic carbocycles. The van der Waals surface area contributed by atoms with Crippen molar-refractivity contribution in [2.24, 2.45) is 5.73 Å². The number of hydrogen-bond acceptors (Lipinski definition) is 2. The van der Waals surface area contributed by atoms with Crippen molar-refractivity contribution in [3.63, 3.8) is 0 Å². The number of carbonyl (C=O) groups is 1. The summed E-state index contributed by atoms with van der Waals surface area (Å²) in [5.41, 5.74) is 9.17. The van der Waals surface area contributed by atoms with Gasteiger partial charge in [-0.2, -0.15) is 0 Å². The van der Waals surface area contributed by atoms with Gasteiger partial charge in [-0.3, -0.25) is 4.79 Å². The maximum absolute atomic E-state index is 12.2. The molecule has 0 unspecified atom stereocenters. The van der Waals surface area contributed by atoms with Crippen molar-refractivity contribution in [3.05, 3.63) is 71.3 Å². The SMILES string of the molecule is N[C@@H]1Cc2ccccc2[C@H]1NC(=O)c1ccccc1. The second-order valence-electron chi connectivity index (χ2n) is 4.88. The first kappa shape index (κ1) is 11.9. The third-order valence-electron chi connectivity index (χ3n) is 3.60. The van der Waals surface area contributed by atoms with Gasteiger partial charge in [-0.1, -0.05) is 42.5 Å². The highest BCUT2D eigenvalue weighted by Gasteiger charge is 2.30. The minimum Gasteiger partial charge on any atom is -0.344 e. The van der Waals surface area contributed by atoms with Crippen LogP contribution in [0, 0.1) is 0 Å². The summed E-state index contributed by atoms with van der Waals surface area (Å²) in [7, 11) is 0. The van der Waals surface area contributed by atoms with Crippen LogP contribution >= 0.6 is 0 Å². The molecule has 0 fully saturated rings. The minimum absolute atomic E-state index is 0.0509. The Hall–Kier alpha value is -2.13. The molecular weight excluding hydrogens is 236 g/mol. The summed E-state index contributed by atoms with van der Waals surface area (Å²) in [6.07, 6.45) is 0.815. The van der Waals surface area contributed by atoms with Crippen LogP contribution in [0.2, 0.25) is 0 Å². The normalized spacial score (nSPS) is 20.9. The molecule has 1 aliphatic carbocycles. The molecule has 2 atom stereocenters. The number of amides is 1. The molecule has 1 aliphatic rings. The smallest absolute Gasteiger partial charge is 0.251 e. The number of nitrogens with one attached hydrogen (secondary N) is 1. The monoisotopic (exact) mass is 252 g/mol. The molecule has 2 aromatic rings. The van der Waals surface area contributed by atoms with Crippen molar-refractivity contribution in [3.8, 4) is 0 Å². The van der Waals surface area contributed by atoms with Crippen LogP contribution in [0.5, 0.6) is 0 Å². The van der Waals surface area contributed by atoms with E-state index < -0.39 is 0 Å². The van der Waals surface area contributed by atoms with Gasteiger partial charge < -0.3 is 11.1 Å². The van der Waals surface area contributed by atoms with Crippen molar-refractivity contribution in [1.82, 2.24) is 5.32 Å². The molecule has 0 heterocycles. The van der Waals surface area contributed by atoms with Gasteiger partial charge in [0, 0.05) is 11.6 Å². The number of fused-ring (bicyclic) bond motifs is 1. The lowest BCUT2D eigenvalue weighted by Crippen LogP contribution is -2.38. The Morgan fingerprint density at radius 2 is 1.74 bits per heavy atom. The highest BCUT2D eigenvalue weighted by atomic mass is 16.1. The zero-order valence-corrected chi connectivity index (χ0v) is 10.5. The Labute approximate surface area is 112 Å². The predicted octanol–water partition coefficient (Wildman–Crippen LogP) is 2.04. The molecule has 0 saturated heterocycles. The number of nitrogens with two attached hydrogens (primary N) is 1. The molecule has 96 valence electrons. The number of hydrogen-bond donors (Lipinski definition) is 2. The van der Waals surface area contributed by atoms with E-state index in [-0.39, 0.29) is 18.0 Å². The fourth-order valence-electron chi connectivity index (χ4n) is 2.62. The first-order chi connectivity index (χ1) is 9.25. The lowest BCUT2D eigenvalue weighted by Gasteiger charge is -2.18. The van der Waals surface area contributed by atoms with Gasteiger partial charge in [-0.25, -0.2) is 0 Å². The maximum atomic E-state index is 12.2. The number of rotatable bonds is 2. The third-order valence-corrected chi connectivity index (χ3v) is 3.60. The van der Waals surface area contributed by atoms with Crippen LogP contribution < -0.4 is 11.1 Å². The molecule has 0 aliphatic heterocycles. The van der Waals surface area contributed by atoms with Gasteiger partial charge in [0.05, 0.1) is 6.04 Å². The van der Waals surface area contributed by atoms with Gasteiger partial charge in [-0.15, -0.1) is 0 Å². The molecule has 0 saturated carbocycles. The van der Waals surface area contributed by atoms with Crippen LogP contribution in [0.15, 0.2) is 54.6 Å². The Morgan fingerprint density at radius 3 is 2.53 bits per heavy atom. The van der Waals surface area contributed by atoms with Crippen LogP contribution in [-0.4, -0.2) is 11.9 Å². The average Bonchev–Trinajstić information content (AvgIpc) is 2.76. The van der Waals surface area contributed by atoms with Crippen LogP contribution in [0.25, 0.3) is 0 Å². The Kier molecular flexibility index (Phi) is 3.05. The molecule has 0 radical (unpaired) electrons. The van der Waals surface area contributed by atoms with Crippen molar-refractivity contribution in [1.29, 1.82) is 0 Å². The predicted molar refractivity (Wildman–Crippen MR) is 74.8 cm³/mol. The lowest BCUT2D eigenvalue weighted by atomic mass is 10.1. The Bertz CT molecular complexity index is 595. The first-order valence-electron chi connectivity index (χ1n) is 6.45. The van der Waals surface area contributed by atoms with Crippen molar-refractivity contribution in [2.75, 3.05) is 0 Å². The highest BCUT2D eigenvalue weighted by molar-refractivity contribution is 5.94. The average molecular weight is 252 g/mol. The minimum atomic E-state index is -0.0936. The van der Waals surface area contributed by atoms with Gasteiger partial charge in [0.25, 0.3) is 5.91 Å². The van der Waals surface area contributed by atoms with Gasteiger partial charge in [0.1, 0.15) is 0 Å². The quantitative estimate of drug-likeness (QED) is 0.859. The molecular formula is C16H16N2O. The maximum Gasteiger partial charge on any atom is 0.251 e. The molecule has 3 rings (SSSR count). The van der Waals surface area contributed by atoms with Gasteiger partial charge >= 0.3 is 0 Å². The van der Waals surface area contributed by atoms with Crippen molar-refractivity contribution < 1.29 is 4.79 Å². The molecule has 0 bridgehead atoms. The first-order valence-corrected chi connectivity index (χ1v) is 6.45. The summed E-state index contributed by atoms with van der Waals surface area (Å²) >= 11 is 0. The van der Waals surface area contributed by atoms with Crippen LogP contribution in [-0.2, 0) is 6.42 Å². The van der Waals surface area contributed by atoms with Crippen molar-refractivity contribution >= 4 is 5.91 Å². The molecule has 19 heavy (non-hydrogen) atoms. The second kappa shape index (κ2) is 4.86. The molecule has 3 nitrogen and oxygen atoms in total. The van der Waals surface area contributed by atoms with Gasteiger partial charge in [-0.05, 0) is 29.7 Å². The van der Waals surface area contributed by atoms with E-state index in [9.17, 15) is 4.79 Å². The molecule has 1 amide bonds.